The van der Waals surface area contributed by atoms with Crippen LogP contribution in [0, 0.1) is 6.92 Å². The van der Waals surface area contributed by atoms with Crippen molar-refractivity contribution in [3.05, 3.63) is 35.4 Å². The molecule has 0 aliphatic carbocycles. The number of ether oxygens (including phenoxy) is 1. The number of hydrogen-bond acceptors (Lipinski definition) is 4. The fraction of sp³-hybridized carbons (Fsp3) is 0.682. The van der Waals surface area contributed by atoms with Gasteiger partial charge in [-0.15, -0.1) is 24.0 Å². The van der Waals surface area contributed by atoms with Crippen LogP contribution >= 0.6 is 24.0 Å². The minimum absolute atomic E-state index is 0. The lowest BCUT2D eigenvalue weighted by Gasteiger charge is -2.44. The van der Waals surface area contributed by atoms with Crippen molar-refractivity contribution in [3.8, 4) is 0 Å². The summed E-state index contributed by atoms with van der Waals surface area (Å²) in [6.07, 6.45) is 2.13. The number of nitrogens with zero attached hydrogens (tertiary/aromatic N) is 4. The van der Waals surface area contributed by atoms with Gasteiger partial charge in [-0.2, -0.15) is 0 Å². The highest BCUT2D eigenvalue weighted by Gasteiger charge is 2.35. The molecule has 0 atom stereocenters. The first-order valence-electron chi connectivity index (χ1n) is 10.5. The molecule has 164 valence electrons. The summed E-state index contributed by atoms with van der Waals surface area (Å²) in [6, 6.07) is 8.84. The number of aryl methyl sites for hydroxylation is 1. The van der Waals surface area contributed by atoms with Gasteiger partial charge in [0, 0.05) is 65.1 Å². The molecule has 7 heteroatoms. The Kier molecular flexibility index (Phi) is 9.65. The summed E-state index contributed by atoms with van der Waals surface area (Å²) in [5, 5.41) is 3.66. The van der Waals surface area contributed by atoms with E-state index in [2.05, 4.69) is 70.3 Å². The summed E-state index contributed by atoms with van der Waals surface area (Å²) >= 11 is 0. The molecule has 0 unspecified atom stereocenters. The van der Waals surface area contributed by atoms with Crippen molar-refractivity contribution in [1.82, 2.24) is 20.0 Å². The van der Waals surface area contributed by atoms with Gasteiger partial charge in [0.15, 0.2) is 5.96 Å². The van der Waals surface area contributed by atoms with Crippen molar-refractivity contribution in [2.45, 2.75) is 31.8 Å². The Morgan fingerprint density at radius 2 is 1.86 bits per heavy atom. The number of rotatable bonds is 5. The van der Waals surface area contributed by atoms with Crippen LogP contribution in [0.1, 0.15) is 24.0 Å². The fourth-order valence-corrected chi connectivity index (χ4v) is 4.30. The predicted molar refractivity (Wildman–Crippen MR) is 131 cm³/mol. The maximum atomic E-state index is 5.59. The first kappa shape index (κ1) is 24.4. The molecular formula is C22H38IN5O. The summed E-state index contributed by atoms with van der Waals surface area (Å²) in [6.45, 7) is 9.97. The van der Waals surface area contributed by atoms with E-state index >= 15 is 0 Å². The van der Waals surface area contributed by atoms with E-state index < -0.39 is 0 Å². The van der Waals surface area contributed by atoms with Crippen LogP contribution in [0.25, 0.3) is 0 Å². The molecule has 2 aliphatic heterocycles. The molecule has 0 spiro atoms. The summed E-state index contributed by atoms with van der Waals surface area (Å²) in [5.41, 5.74) is 2.90. The van der Waals surface area contributed by atoms with Crippen LogP contribution in [0.3, 0.4) is 0 Å². The average Bonchev–Trinajstić information content (AvgIpc) is 2.70. The maximum absolute atomic E-state index is 5.59. The lowest BCUT2D eigenvalue weighted by Crippen LogP contribution is -2.59. The zero-order valence-corrected chi connectivity index (χ0v) is 20.8. The van der Waals surface area contributed by atoms with Crippen molar-refractivity contribution in [2.24, 2.45) is 4.99 Å². The Bertz CT molecular complexity index is 652. The normalized spacial score (nSPS) is 20.4. The quantitative estimate of drug-likeness (QED) is 0.371. The van der Waals surface area contributed by atoms with Crippen LogP contribution in [0.5, 0.6) is 0 Å². The molecule has 2 fully saturated rings. The van der Waals surface area contributed by atoms with Crippen LogP contribution in [0.4, 0.5) is 0 Å². The van der Waals surface area contributed by atoms with E-state index in [1.54, 1.807) is 0 Å². The van der Waals surface area contributed by atoms with Gasteiger partial charge in [0.1, 0.15) is 0 Å². The van der Waals surface area contributed by atoms with E-state index in [0.717, 1.165) is 71.3 Å². The monoisotopic (exact) mass is 515 g/mol. The number of nitrogens with one attached hydrogen (secondary N) is 1. The van der Waals surface area contributed by atoms with Gasteiger partial charge in [0.25, 0.3) is 0 Å². The fourth-order valence-electron chi connectivity index (χ4n) is 4.30. The Morgan fingerprint density at radius 3 is 2.45 bits per heavy atom. The smallest absolute Gasteiger partial charge is 0.193 e. The van der Waals surface area contributed by atoms with E-state index in [-0.39, 0.29) is 29.5 Å². The topological polar surface area (TPSA) is 43.3 Å². The highest BCUT2D eigenvalue weighted by atomic mass is 127. The van der Waals surface area contributed by atoms with Crippen LogP contribution in [-0.2, 0) is 11.3 Å². The molecule has 0 saturated carbocycles. The van der Waals surface area contributed by atoms with Gasteiger partial charge in [-0.3, -0.25) is 9.89 Å². The highest BCUT2D eigenvalue weighted by molar-refractivity contribution is 14.0. The van der Waals surface area contributed by atoms with Gasteiger partial charge in [0.2, 0.25) is 0 Å². The Labute approximate surface area is 193 Å². The predicted octanol–water partition coefficient (Wildman–Crippen LogP) is 2.42. The number of guanidine groups is 1. The largest absolute Gasteiger partial charge is 0.381 e. The summed E-state index contributed by atoms with van der Waals surface area (Å²) in [7, 11) is 6.26. The Hall–Kier alpha value is -0.900. The third-order valence-corrected chi connectivity index (χ3v) is 6.32. The summed E-state index contributed by atoms with van der Waals surface area (Å²) in [5.74, 6) is 1.03. The zero-order valence-electron chi connectivity index (χ0n) is 18.5. The lowest BCUT2D eigenvalue weighted by atomic mass is 9.88. The molecule has 1 N–H and O–H groups in total. The van der Waals surface area contributed by atoms with Crippen molar-refractivity contribution >= 4 is 29.9 Å². The average molecular weight is 515 g/mol. The van der Waals surface area contributed by atoms with Crippen molar-refractivity contribution < 1.29 is 4.74 Å². The summed E-state index contributed by atoms with van der Waals surface area (Å²) in [4.78, 5) is 11.9. The van der Waals surface area contributed by atoms with E-state index in [1.165, 1.54) is 11.1 Å². The number of benzene rings is 1. The number of aliphatic imine (C=N–C) groups is 1. The first-order valence-corrected chi connectivity index (χ1v) is 10.5. The lowest BCUT2D eigenvalue weighted by molar-refractivity contribution is -0.00535. The SMILES string of the molecule is CN=C(NCC1(N(C)C)CCOCC1)N1CCN(Cc2cccc(C)c2)CC1.I. The molecule has 2 heterocycles. The van der Waals surface area contributed by atoms with Gasteiger partial charge in [-0.25, -0.2) is 0 Å². The number of piperazine rings is 1. The highest BCUT2D eigenvalue weighted by Crippen LogP contribution is 2.25. The maximum Gasteiger partial charge on any atom is 0.193 e. The molecule has 3 rings (SSSR count). The Morgan fingerprint density at radius 1 is 1.17 bits per heavy atom. The van der Waals surface area contributed by atoms with Crippen molar-refractivity contribution in [3.63, 3.8) is 0 Å². The van der Waals surface area contributed by atoms with E-state index in [9.17, 15) is 0 Å². The molecule has 0 radical (unpaired) electrons. The molecule has 2 saturated heterocycles. The minimum atomic E-state index is 0. The Balaban J connectivity index is 0.00000300. The third-order valence-electron chi connectivity index (χ3n) is 6.32. The minimum Gasteiger partial charge on any atom is -0.381 e. The van der Waals surface area contributed by atoms with Crippen LogP contribution in [0.2, 0.25) is 0 Å². The van der Waals surface area contributed by atoms with Crippen molar-refractivity contribution in [2.75, 3.05) is 67.1 Å². The van der Waals surface area contributed by atoms with Crippen LogP contribution < -0.4 is 5.32 Å². The standard InChI is InChI=1S/C22H37N5O.HI/c1-19-6-5-7-20(16-19)17-26-10-12-27(13-11-26)21(23-2)24-18-22(25(3)4)8-14-28-15-9-22;/h5-7,16H,8-15,17-18H2,1-4H3,(H,23,24);1H. The van der Waals surface area contributed by atoms with Gasteiger partial charge < -0.3 is 19.9 Å². The molecule has 6 nitrogen and oxygen atoms in total. The molecule has 0 amide bonds. The van der Waals surface area contributed by atoms with Crippen molar-refractivity contribution in [1.29, 1.82) is 0 Å². The van der Waals surface area contributed by atoms with E-state index in [0.29, 0.717) is 0 Å². The van der Waals surface area contributed by atoms with Gasteiger partial charge in [0.05, 0.1) is 0 Å². The zero-order chi connectivity index (χ0) is 20.0. The molecule has 1 aromatic rings. The van der Waals surface area contributed by atoms with E-state index in [4.69, 9.17) is 4.74 Å². The number of hydrogen-bond donors (Lipinski definition) is 1. The third kappa shape index (κ3) is 6.54. The molecule has 29 heavy (non-hydrogen) atoms. The second-order valence-electron chi connectivity index (χ2n) is 8.38. The molecule has 0 aromatic heterocycles. The molecular weight excluding hydrogens is 477 g/mol. The van der Waals surface area contributed by atoms with Gasteiger partial charge >= 0.3 is 0 Å². The molecule has 0 bridgehead atoms. The number of halogens is 1. The molecule has 1 aromatic carbocycles. The summed E-state index contributed by atoms with van der Waals surface area (Å²) < 4.78 is 5.59. The first-order chi connectivity index (χ1) is 13.5. The van der Waals surface area contributed by atoms with Gasteiger partial charge in [-0.1, -0.05) is 29.8 Å². The van der Waals surface area contributed by atoms with Crippen LogP contribution in [0.15, 0.2) is 29.3 Å². The number of likely N-dealkylation sites (N-methyl/N-ethyl adjacent to an activating group) is 1. The molecule has 2 aliphatic rings. The second-order valence-corrected chi connectivity index (χ2v) is 8.38. The van der Waals surface area contributed by atoms with E-state index in [1.807, 2.05) is 7.05 Å². The van der Waals surface area contributed by atoms with Crippen LogP contribution in [-0.4, -0.2) is 93.3 Å². The second kappa shape index (κ2) is 11.5. The van der Waals surface area contributed by atoms with Gasteiger partial charge in [-0.05, 0) is 39.4 Å².